The zero-order valence-electron chi connectivity index (χ0n) is 15.6. The Bertz CT molecular complexity index is 264. The highest BCUT2D eigenvalue weighted by molar-refractivity contribution is 5.77. The maximum absolute atomic E-state index is 11.9. The fourth-order valence-electron chi connectivity index (χ4n) is 3.51. The molecule has 0 saturated carbocycles. The van der Waals surface area contributed by atoms with E-state index in [2.05, 4.69) is 32.6 Å². The topological polar surface area (TPSA) is 46.3 Å². The van der Waals surface area contributed by atoms with Crippen LogP contribution >= 0.6 is 0 Å². The fourth-order valence-corrected chi connectivity index (χ4v) is 3.51. The third kappa shape index (κ3) is 8.77. The maximum Gasteiger partial charge on any atom is 0.222 e. The average Bonchev–Trinajstić information content (AvgIpc) is 2.51. The quantitative estimate of drug-likeness (QED) is 0.444. The van der Waals surface area contributed by atoms with Crippen molar-refractivity contribution in [2.75, 3.05) is 13.1 Å². The van der Waals surface area contributed by atoms with E-state index in [9.17, 15) is 4.79 Å². The van der Waals surface area contributed by atoms with Crippen molar-refractivity contribution in [1.82, 2.24) is 4.90 Å². The van der Waals surface area contributed by atoms with Crippen molar-refractivity contribution in [2.45, 2.75) is 97.9 Å². The van der Waals surface area contributed by atoms with Gasteiger partial charge in [0.1, 0.15) is 0 Å². The Balaban J connectivity index is 4.11. The summed E-state index contributed by atoms with van der Waals surface area (Å²) in [5.41, 5.74) is 5.69. The van der Waals surface area contributed by atoms with Gasteiger partial charge < -0.3 is 10.6 Å². The van der Waals surface area contributed by atoms with E-state index < -0.39 is 0 Å². The molecule has 0 bridgehead atoms. The standard InChI is InChI=1S/C19H40N2O/c1-5-9-10-11-12-13-14-15-16-17(19(20)22)18(6-2)21(7-3)8-4/h17-18H,5-16H2,1-4H3,(H2,20,22). The highest BCUT2D eigenvalue weighted by Gasteiger charge is 2.28. The molecule has 132 valence electrons. The second-order valence-electron chi connectivity index (χ2n) is 6.47. The summed E-state index contributed by atoms with van der Waals surface area (Å²) < 4.78 is 0. The highest BCUT2D eigenvalue weighted by Crippen LogP contribution is 2.21. The molecule has 0 saturated heterocycles. The third-order valence-electron chi connectivity index (χ3n) is 4.90. The van der Waals surface area contributed by atoms with Crippen molar-refractivity contribution in [3.63, 3.8) is 0 Å². The molecule has 0 aromatic rings. The highest BCUT2D eigenvalue weighted by atomic mass is 16.1. The van der Waals surface area contributed by atoms with Crippen LogP contribution in [0.2, 0.25) is 0 Å². The number of primary amides is 1. The molecular weight excluding hydrogens is 272 g/mol. The SMILES string of the molecule is CCCCCCCCCCC(C(N)=O)C(CC)N(CC)CC. The zero-order chi connectivity index (χ0) is 16.8. The van der Waals surface area contributed by atoms with Gasteiger partial charge in [0.05, 0.1) is 5.92 Å². The number of amides is 1. The number of hydrogen-bond donors (Lipinski definition) is 1. The smallest absolute Gasteiger partial charge is 0.222 e. The fraction of sp³-hybridized carbons (Fsp3) is 0.947. The summed E-state index contributed by atoms with van der Waals surface area (Å²) in [5, 5.41) is 0. The summed E-state index contributed by atoms with van der Waals surface area (Å²) in [5.74, 6) is -0.0910. The van der Waals surface area contributed by atoms with E-state index in [1.165, 1.54) is 44.9 Å². The molecule has 0 fully saturated rings. The molecule has 0 radical (unpaired) electrons. The molecular formula is C19H40N2O. The van der Waals surface area contributed by atoms with Gasteiger partial charge in [0.25, 0.3) is 0 Å². The molecule has 0 aliphatic carbocycles. The maximum atomic E-state index is 11.9. The predicted molar refractivity (Wildman–Crippen MR) is 96.9 cm³/mol. The van der Waals surface area contributed by atoms with Gasteiger partial charge in [-0.25, -0.2) is 0 Å². The van der Waals surface area contributed by atoms with E-state index in [-0.39, 0.29) is 11.8 Å². The van der Waals surface area contributed by atoms with Crippen molar-refractivity contribution >= 4 is 5.91 Å². The predicted octanol–water partition coefficient (Wildman–Crippen LogP) is 4.74. The van der Waals surface area contributed by atoms with Crippen LogP contribution in [0, 0.1) is 5.92 Å². The van der Waals surface area contributed by atoms with Gasteiger partial charge in [-0.2, -0.15) is 0 Å². The summed E-state index contributed by atoms with van der Waals surface area (Å²) in [6, 6.07) is 0.317. The van der Waals surface area contributed by atoms with Crippen LogP contribution in [-0.4, -0.2) is 29.9 Å². The Morgan fingerprint density at radius 2 is 1.36 bits per heavy atom. The average molecular weight is 313 g/mol. The number of carbonyl (C=O) groups excluding carboxylic acids is 1. The first-order valence-electron chi connectivity index (χ1n) is 9.65. The summed E-state index contributed by atoms with van der Waals surface area (Å²) in [4.78, 5) is 14.3. The Kier molecular flexibility index (Phi) is 13.7. The van der Waals surface area contributed by atoms with Gasteiger partial charge >= 0.3 is 0 Å². The van der Waals surface area contributed by atoms with E-state index in [0.717, 1.165) is 32.4 Å². The summed E-state index contributed by atoms with van der Waals surface area (Å²) in [7, 11) is 0. The minimum Gasteiger partial charge on any atom is -0.369 e. The normalized spacial score (nSPS) is 14.2. The Morgan fingerprint density at radius 3 is 1.77 bits per heavy atom. The number of nitrogens with zero attached hydrogens (tertiary/aromatic N) is 1. The van der Waals surface area contributed by atoms with Gasteiger partial charge in [-0.3, -0.25) is 4.79 Å². The molecule has 0 aliphatic rings. The molecule has 0 rings (SSSR count). The molecule has 0 aliphatic heterocycles. The molecule has 0 heterocycles. The lowest BCUT2D eigenvalue weighted by molar-refractivity contribution is -0.124. The second kappa shape index (κ2) is 14.0. The minimum absolute atomic E-state index is 0.0185. The number of nitrogens with two attached hydrogens (primary N) is 1. The molecule has 22 heavy (non-hydrogen) atoms. The molecule has 1 amide bonds. The lowest BCUT2D eigenvalue weighted by atomic mass is 9.89. The van der Waals surface area contributed by atoms with E-state index >= 15 is 0 Å². The summed E-state index contributed by atoms with van der Waals surface area (Å²) >= 11 is 0. The molecule has 2 unspecified atom stereocenters. The lowest BCUT2D eigenvalue weighted by Gasteiger charge is -2.34. The van der Waals surface area contributed by atoms with Gasteiger partial charge in [0, 0.05) is 6.04 Å². The van der Waals surface area contributed by atoms with Gasteiger partial charge in [-0.05, 0) is 25.9 Å². The number of carbonyl (C=O) groups is 1. The van der Waals surface area contributed by atoms with Crippen molar-refractivity contribution in [3.8, 4) is 0 Å². The zero-order valence-corrected chi connectivity index (χ0v) is 15.6. The van der Waals surface area contributed by atoms with Crippen molar-refractivity contribution in [1.29, 1.82) is 0 Å². The lowest BCUT2D eigenvalue weighted by Crippen LogP contribution is -2.45. The third-order valence-corrected chi connectivity index (χ3v) is 4.90. The van der Waals surface area contributed by atoms with Gasteiger partial charge in [0.15, 0.2) is 0 Å². The molecule has 3 nitrogen and oxygen atoms in total. The minimum atomic E-state index is -0.110. The largest absolute Gasteiger partial charge is 0.369 e. The summed E-state index contributed by atoms with van der Waals surface area (Å²) in [6.45, 7) is 10.8. The van der Waals surface area contributed by atoms with Crippen LogP contribution < -0.4 is 5.73 Å². The van der Waals surface area contributed by atoms with Crippen molar-refractivity contribution in [3.05, 3.63) is 0 Å². The van der Waals surface area contributed by atoms with E-state index in [4.69, 9.17) is 5.73 Å². The Labute approximate surface area is 139 Å². The van der Waals surface area contributed by atoms with E-state index in [1.54, 1.807) is 0 Å². The van der Waals surface area contributed by atoms with Crippen LogP contribution in [0.4, 0.5) is 0 Å². The Morgan fingerprint density at radius 1 is 0.864 bits per heavy atom. The van der Waals surface area contributed by atoms with Crippen LogP contribution in [0.3, 0.4) is 0 Å². The molecule has 3 heteroatoms. The van der Waals surface area contributed by atoms with Crippen LogP contribution in [0.1, 0.15) is 91.9 Å². The molecule has 0 aromatic carbocycles. The first-order valence-corrected chi connectivity index (χ1v) is 9.65. The van der Waals surface area contributed by atoms with E-state index in [0.29, 0.717) is 6.04 Å². The Hall–Kier alpha value is -0.570. The number of hydrogen-bond acceptors (Lipinski definition) is 2. The van der Waals surface area contributed by atoms with Crippen LogP contribution in [-0.2, 0) is 4.79 Å². The van der Waals surface area contributed by atoms with Crippen molar-refractivity contribution in [2.24, 2.45) is 11.7 Å². The molecule has 0 aromatic heterocycles. The number of unbranched alkanes of at least 4 members (excludes halogenated alkanes) is 7. The monoisotopic (exact) mass is 312 g/mol. The molecule has 0 spiro atoms. The van der Waals surface area contributed by atoms with Crippen LogP contribution in [0.25, 0.3) is 0 Å². The van der Waals surface area contributed by atoms with Crippen LogP contribution in [0.5, 0.6) is 0 Å². The van der Waals surface area contributed by atoms with Crippen molar-refractivity contribution < 1.29 is 4.79 Å². The first-order chi connectivity index (χ1) is 10.6. The summed E-state index contributed by atoms with van der Waals surface area (Å²) in [6.07, 6.45) is 12.4. The van der Waals surface area contributed by atoms with Gasteiger partial charge in [-0.15, -0.1) is 0 Å². The number of rotatable bonds is 15. The van der Waals surface area contributed by atoms with Crippen LogP contribution in [0.15, 0.2) is 0 Å². The first kappa shape index (κ1) is 21.4. The van der Waals surface area contributed by atoms with Gasteiger partial charge in [0.2, 0.25) is 5.91 Å². The second-order valence-corrected chi connectivity index (χ2v) is 6.47. The van der Waals surface area contributed by atoms with E-state index in [1.807, 2.05) is 0 Å². The molecule has 2 atom stereocenters. The molecule has 2 N–H and O–H groups in total. The van der Waals surface area contributed by atoms with Gasteiger partial charge in [-0.1, -0.05) is 79.1 Å².